The fraction of sp³-hybridized carbons (Fsp3) is 0.625. The van der Waals surface area contributed by atoms with Crippen LogP contribution in [-0.2, 0) is 4.74 Å². The molecular weight excluding hydrogens is 272 g/mol. The van der Waals surface area contributed by atoms with Crippen molar-refractivity contribution in [3.05, 3.63) is 34.9 Å². The molecule has 3 N–H and O–H groups in total. The lowest BCUT2D eigenvalue weighted by Gasteiger charge is -2.35. The highest BCUT2D eigenvalue weighted by Gasteiger charge is 2.31. The van der Waals surface area contributed by atoms with Crippen LogP contribution in [0.5, 0.6) is 0 Å². The minimum Gasteiger partial charge on any atom is -0.376 e. The summed E-state index contributed by atoms with van der Waals surface area (Å²) in [5.74, 6) is 6.39. The van der Waals surface area contributed by atoms with Crippen LogP contribution >= 0.6 is 11.6 Å². The zero-order valence-corrected chi connectivity index (χ0v) is 12.9. The molecule has 2 atom stereocenters. The van der Waals surface area contributed by atoms with E-state index in [2.05, 4.69) is 11.5 Å². The molecule has 1 aromatic rings. The first-order valence-corrected chi connectivity index (χ1v) is 7.97. The molecule has 1 fully saturated rings. The number of halogens is 1. The summed E-state index contributed by atoms with van der Waals surface area (Å²) in [5, 5.41) is 0.738. The van der Waals surface area contributed by atoms with Gasteiger partial charge in [0.2, 0.25) is 0 Å². The third-order valence-electron chi connectivity index (χ3n) is 4.19. The van der Waals surface area contributed by atoms with E-state index in [0.29, 0.717) is 12.5 Å². The van der Waals surface area contributed by atoms with Gasteiger partial charge < -0.3 is 4.74 Å². The maximum Gasteiger partial charge on any atom is 0.0810 e. The lowest BCUT2D eigenvalue weighted by Crippen LogP contribution is -2.42. The molecule has 0 radical (unpaired) electrons. The average Bonchev–Trinajstić information content (AvgIpc) is 2.48. The number of rotatable bonds is 6. The van der Waals surface area contributed by atoms with Crippen LogP contribution in [0, 0.1) is 5.92 Å². The molecule has 112 valence electrons. The zero-order valence-electron chi connectivity index (χ0n) is 12.1. The fourth-order valence-electron chi connectivity index (χ4n) is 3.24. The second-order valence-electron chi connectivity index (χ2n) is 5.52. The summed E-state index contributed by atoms with van der Waals surface area (Å²) in [6.45, 7) is 2.75. The molecule has 0 aromatic heterocycles. The SMILES string of the molecule is CCOC(C1CCCCC1)C(NN)c1cccc(Cl)c1. The molecule has 0 spiro atoms. The maximum atomic E-state index is 6.10. The first kappa shape index (κ1) is 15.8. The third-order valence-corrected chi connectivity index (χ3v) is 4.42. The molecule has 2 unspecified atom stereocenters. The summed E-state index contributed by atoms with van der Waals surface area (Å²) in [7, 11) is 0. The Morgan fingerprint density at radius 3 is 2.70 bits per heavy atom. The molecule has 1 saturated carbocycles. The lowest BCUT2D eigenvalue weighted by atomic mass is 9.81. The molecule has 1 aromatic carbocycles. The number of hydrogen-bond acceptors (Lipinski definition) is 3. The van der Waals surface area contributed by atoms with E-state index in [0.717, 1.165) is 10.6 Å². The molecular formula is C16H25ClN2O. The minimum atomic E-state index is -0.00301. The Morgan fingerprint density at radius 1 is 1.35 bits per heavy atom. The molecule has 3 nitrogen and oxygen atoms in total. The lowest BCUT2D eigenvalue weighted by molar-refractivity contribution is -0.0184. The molecule has 1 aliphatic rings. The summed E-state index contributed by atoms with van der Waals surface area (Å²) >= 11 is 6.10. The Kier molecular flexibility index (Phi) is 6.30. The van der Waals surface area contributed by atoms with E-state index in [1.165, 1.54) is 32.1 Å². The Bertz CT molecular complexity index is 407. The largest absolute Gasteiger partial charge is 0.376 e. The van der Waals surface area contributed by atoms with E-state index in [1.54, 1.807) is 0 Å². The van der Waals surface area contributed by atoms with Crippen LogP contribution < -0.4 is 11.3 Å². The van der Waals surface area contributed by atoms with Gasteiger partial charge in [-0.05, 0) is 43.4 Å². The van der Waals surface area contributed by atoms with Crippen LogP contribution in [0.3, 0.4) is 0 Å². The number of ether oxygens (including phenoxy) is 1. The van der Waals surface area contributed by atoms with E-state index < -0.39 is 0 Å². The van der Waals surface area contributed by atoms with Gasteiger partial charge in [0.1, 0.15) is 0 Å². The molecule has 0 aliphatic heterocycles. The van der Waals surface area contributed by atoms with Gasteiger partial charge in [0.25, 0.3) is 0 Å². The fourth-order valence-corrected chi connectivity index (χ4v) is 3.44. The number of nitrogens with one attached hydrogen (secondary N) is 1. The van der Waals surface area contributed by atoms with Crippen LogP contribution in [0.25, 0.3) is 0 Å². The van der Waals surface area contributed by atoms with Crippen molar-refractivity contribution in [3.63, 3.8) is 0 Å². The van der Waals surface area contributed by atoms with Gasteiger partial charge >= 0.3 is 0 Å². The molecule has 1 aliphatic carbocycles. The van der Waals surface area contributed by atoms with Gasteiger partial charge in [0.05, 0.1) is 12.1 Å². The van der Waals surface area contributed by atoms with Crippen LogP contribution in [0.15, 0.2) is 24.3 Å². The van der Waals surface area contributed by atoms with E-state index in [9.17, 15) is 0 Å². The molecule has 0 bridgehead atoms. The number of hydrogen-bond donors (Lipinski definition) is 2. The van der Waals surface area contributed by atoms with Gasteiger partial charge in [-0.1, -0.05) is 43.0 Å². The highest BCUT2D eigenvalue weighted by molar-refractivity contribution is 6.30. The van der Waals surface area contributed by atoms with Gasteiger partial charge in [0, 0.05) is 11.6 Å². The van der Waals surface area contributed by atoms with Crippen molar-refractivity contribution in [2.45, 2.75) is 51.2 Å². The number of nitrogens with two attached hydrogens (primary N) is 1. The smallest absolute Gasteiger partial charge is 0.0810 e. The summed E-state index contributed by atoms with van der Waals surface area (Å²) in [6.07, 6.45) is 6.49. The van der Waals surface area contributed by atoms with Crippen LogP contribution in [0.1, 0.15) is 50.6 Å². The first-order chi connectivity index (χ1) is 9.76. The molecule has 2 rings (SSSR count). The van der Waals surface area contributed by atoms with E-state index in [1.807, 2.05) is 25.1 Å². The van der Waals surface area contributed by atoms with Crippen molar-refractivity contribution in [2.75, 3.05) is 6.61 Å². The minimum absolute atomic E-state index is 0.00301. The average molecular weight is 297 g/mol. The van der Waals surface area contributed by atoms with Crippen molar-refractivity contribution in [2.24, 2.45) is 11.8 Å². The molecule has 0 amide bonds. The normalized spacial score (nSPS) is 19.8. The Hall–Kier alpha value is -0.610. The monoisotopic (exact) mass is 296 g/mol. The van der Waals surface area contributed by atoms with Crippen molar-refractivity contribution >= 4 is 11.6 Å². The third kappa shape index (κ3) is 3.95. The van der Waals surface area contributed by atoms with Gasteiger partial charge in [-0.15, -0.1) is 0 Å². The van der Waals surface area contributed by atoms with Crippen molar-refractivity contribution in [1.29, 1.82) is 0 Å². The summed E-state index contributed by atoms with van der Waals surface area (Å²) < 4.78 is 6.04. The van der Waals surface area contributed by atoms with Gasteiger partial charge in [-0.25, -0.2) is 0 Å². The van der Waals surface area contributed by atoms with E-state index in [-0.39, 0.29) is 12.1 Å². The van der Waals surface area contributed by atoms with Crippen LogP contribution in [-0.4, -0.2) is 12.7 Å². The Labute approximate surface area is 126 Å². The zero-order chi connectivity index (χ0) is 14.4. The quantitative estimate of drug-likeness (QED) is 0.619. The molecule has 0 heterocycles. The summed E-state index contributed by atoms with van der Waals surface area (Å²) in [5.41, 5.74) is 4.05. The predicted octanol–water partition coefficient (Wildman–Crippen LogP) is 3.83. The number of benzene rings is 1. The standard InChI is InChI=1S/C16H25ClN2O/c1-2-20-16(12-7-4-3-5-8-12)15(19-18)13-9-6-10-14(17)11-13/h6,9-12,15-16,19H,2-5,7-8,18H2,1H3. The second-order valence-corrected chi connectivity index (χ2v) is 5.95. The van der Waals surface area contributed by atoms with Crippen molar-refractivity contribution < 1.29 is 4.74 Å². The topological polar surface area (TPSA) is 47.3 Å². The van der Waals surface area contributed by atoms with Gasteiger partial charge in [-0.2, -0.15) is 0 Å². The number of hydrazine groups is 1. The molecule has 0 saturated heterocycles. The van der Waals surface area contributed by atoms with Gasteiger partial charge in [-0.3, -0.25) is 11.3 Å². The maximum absolute atomic E-state index is 6.10. The highest BCUT2D eigenvalue weighted by atomic mass is 35.5. The highest BCUT2D eigenvalue weighted by Crippen LogP contribution is 2.34. The van der Waals surface area contributed by atoms with Crippen molar-refractivity contribution in [3.8, 4) is 0 Å². The van der Waals surface area contributed by atoms with Crippen molar-refractivity contribution in [1.82, 2.24) is 5.43 Å². The molecule has 20 heavy (non-hydrogen) atoms. The van der Waals surface area contributed by atoms with Crippen LogP contribution in [0.4, 0.5) is 0 Å². The van der Waals surface area contributed by atoms with E-state index >= 15 is 0 Å². The van der Waals surface area contributed by atoms with Gasteiger partial charge in [0.15, 0.2) is 0 Å². The summed E-state index contributed by atoms with van der Waals surface area (Å²) in [4.78, 5) is 0. The predicted molar refractivity (Wildman–Crippen MR) is 83.5 cm³/mol. The first-order valence-electron chi connectivity index (χ1n) is 7.59. The van der Waals surface area contributed by atoms with Crippen LogP contribution in [0.2, 0.25) is 5.02 Å². The van der Waals surface area contributed by atoms with E-state index in [4.69, 9.17) is 22.2 Å². The Balaban J connectivity index is 2.19. The second kappa shape index (κ2) is 7.99. The molecule has 4 heteroatoms. The Morgan fingerprint density at radius 2 is 2.10 bits per heavy atom. The summed E-state index contributed by atoms with van der Waals surface area (Å²) in [6, 6.07) is 7.88.